The fraction of sp³-hybridized carbons (Fsp3) is 0. The minimum atomic E-state index is 0. The van der Waals surface area contributed by atoms with Crippen LogP contribution in [0.3, 0.4) is 0 Å². The van der Waals surface area contributed by atoms with E-state index < -0.39 is 0 Å². The van der Waals surface area contributed by atoms with Crippen molar-refractivity contribution in [3.05, 3.63) is 0 Å². The summed E-state index contributed by atoms with van der Waals surface area (Å²) in [5.41, 5.74) is 0. The second-order valence-electron chi connectivity index (χ2n) is 0. The van der Waals surface area contributed by atoms with E-state index in [0.29, 0.717) is 0 Å². The molecule has 0 heterocycles. The molecule has 0 radical (unpaired) electrons. The van der Waals surface area contributed by atoms with Gasteiger partial charge in [-0.1, -0.05) is 0 Å². The molecule has 0 aromatic rings. The molecule has 0 unspecified atom stereocenters. The van der Waals surface area contributed by atoms with E-state index in [-0.39, 0.29) is 43.3 Å². The van der Waals surface area contributed by atoms with E-state index in [1.54, 1.807) is 0 Å². The first-order valence-corrected chi connectivity index (χ1v) is 0. The van der Waals surface area contributed by atoms with Crippen molar-refractivity contribution >= 4 is 32.3 Å². The van der Waals surface area contributed by atoms with Crippen LogP contribution in [0.5, 0.6) is 0 Å². The van der Waals surface area contributed by atoms with E-state index in [1.807, 2.05) is 0 Å². The van der Waals surface area contributed by atoms with Crippen molar-refractivity contribution in [1.82, 2.24) is 0 Å². The molecule has 0 atom stereocenters. The van der Waals surface area contributed by atoms with Gasteiger partial charge in [-0.05, 0) is 0 Å². The Hall–Kier alpha value is 0.784. The Bertz CT molecular complexity index is 6.00. The van der Waals surface area contributed by atoms with Gasteiger partial charge in [-0.25, -0.2) is 0 Å². The zero-order valence-corrected chi connectivity index (χ0v) is 4.17. The summed E-state index contributed by atoms with van der Waals surface area (Å²) < 4.78 is 0. The molecule has 0 aliphatic carbocycles. The SMILES string of the molecule is B.[O-2].[O-2].[Sn+4]. The van der Waals surface area contributed by atoms with Crippen molar-refractivity contribution in [3.63, 3.8) is 0 Å². The average molecular weight is 165 g/mol. The first kappa shape index (κ1) is 112. The van der Waals surface area contributed by atoms with Crippen LogP contribution < -0.4 is 0 Å². The van der Waals surface area contributed by atoms with Gasteiger partial charge in [0, 0.05) is 0 Å². The van der Waals surface area contributed by atoms with Crippen molar-refractivity contribution in [2.45, 2.75) is 0 Å². The number of rotatable bonds is 0. The first-order chi connectivity index (χ1) is 0. The molecule has 0 aliphatic heterocycles. The Morgan fingerprint density at radius 1 is 0.750 bits per heavy atom. The third-order valence-corrected chi connectivity index (χ3v) is 0. The number of hydrogen-bond donors (Lipinski definition) is 0. The summed E-state index contributed by atoms with van der Waals surface area (Å²) in [5.74, 6) is 0. The van der Waals surface area contributed by atoms with Crippen LogP contribution in [0.2, 0.25) is 0 Å². The molecule has 0 spiro atoms. The van der Waals surface area contributed by atoms with Gasteiger partial charge in [-0.15, -0.1) is 0 Å². The fourth-order valence-electron chi connectivity index (χ4n) is 0. The monoisotopic (exact) mass is 166 g/mol. The Morgan fingerprint density at radius 3 is 0.750 bits per heavy atom. The first-order valence-electron chi connectivity index (χ1n) is 0. The summed E-state index contributed by atoms with van der Waals surface area (Å²) in [6.45, 7) is 0. The molecule has 0 amide bonds. The van der Waals surface area contributed by atoms with Gasteiger partial charge in [0.2, 0.25) is 0 Å². The van der Waals surface area contributed by atoms with Gasteiger partial charge in [0.25, 0.3) is 0 Å². The smallest absolute Gasteiger partial charge is 2.00 e. The average Bonchev–Trinajstić information content (AvgIpc) is 0. The summed E-state index contributed by atoms with van der Waals surface area (Å²) in [7, 11) is 0. The molecule has 0 aliphatic rings. The van der Waals surface area contributed by atoms with Crippen LogP contribution >= 0.6 is 0 Å². The molecule has 0 aromatic heterocycles. The standard InChI is InChI=1S/BH3.2O.Sn/h1H3;;;/q;2*-2;+4. The van der Waals surface area contributed by atoms with Crippen molar-refractivity contribution in [1.29, 1.82) is 0 Å². The van der Waals surface area contributed by atoms with Gasteiger partial charge in [0.15, 0.2) is 0 Å². The van der Waals surface area contributed by atoms with Crippen LogP contribution in [0.15, 0.2) is 0 Å². The second kappa shape index (κ2) is 47.7. The zero-order chi connectivity index (χ0) is 0. The predicted molar refractivity (Wildman–Crippen MR) is 17.1 cm³/mol. The summed E-state index contributed by atoms with van der Waals surface area (Å²) >= 11 is 0. The summed E-state index contributed by atoms with van der Waals surface area (Å²) in [5, 5.41) is 0. The topological polar surface area (TPSA) is 57.0 Å². The predicted octanol–water partition coefficient (Wildman–Crippen LogP) is -1.80. The van der Waals surface area contributed by atoms with Crippen LogP contribution in [0.4, 0.5) is 0 Å². The van der Waals surface area contributed by atoms with Gasteiger partial charge in [-0.3, -0.25) is 0 Å². The van der Waals surface area contributed by atoms with Crippen LogP contribution in [0, 0.1) is 0 Å². The van der Waals surface area contributed by atoms with E-state index in [1.165, 1.54) is 0 Å². The van der Waals surface area contributed by atoms with Crippen LogP contribution in [0.25, 0.3) is 0 Å². The van der Waals surface area contributed by atoms with Gasteiger partial charge in [-0.2, -0.15) is 0 Å². The van der Waals surface area contributed by atoms with E-state index in [9.17, 15) is 0 Å². The van der Waals surface area contributed by atoms with Crippen molar-refractivity contribution in [2.75, 3.05) is 0 Å². The van der Waals surface area contributed by atoms with Crippen molar-refractivity contribution in [3.8, 4) is 0 Å². The van der Waals surface area contributed by atoms with Crippen LogP contribution in [-0.2, 0) is 11.0 Å². The van der Waals surface area contributed by atoms with E-state index in [2.05, 4.69) is 0 Å². The molecule has 2 nitrogen and oxygen atoms in total. The van der Waals surface area contributed by atoms with Gasteiger partial charge in [0.1, 0.15) is 0 Å². The zero-order valence-electron chi connectivity index (χ0n) is 1.32. The van der Waals surface area contributed by atoms with Gasteiger partial charge >= 0.3 is 23.9 Å². The molecule has 4 heavy (non-hydrogen) atoms. The molecule has 0 saturated heterocycles. The summed E-state index contributed by atoms with van der Waals surface area (Å²) in [4.78, 5) is 0. The molecule has 22 valence electrons. The Labute approximate surface area is 43.7 Å². The largest absolute Gasteiger partial charge is 4.00 e. The van der Waals surface area contributed by atoms with E-state index in [0.717, 1.165) is 0 Å². The second-order valence-corrected chi connectivity index (χ2v) is 0. The molecule has 0 aromatic carbocycles. The minimum Gasteiger partial charge on any atom is -2.00 e. The van der Waals surface area contributed by atoms with Crippen molar-refractivity contribution in [2.24, 2.45) is 0 Å². The molecular formula is H3BO2Sn. The normalized spacial score (nSPS) is 0. The van der Waals surface area contributed by atoms with Crippen LogP contribution in [0.1, 0.15) is 0 Å². The maximum absolute atomic E-state index is 0. The van der Waals surface area contributed by atoms with E-state index in [4.69, 9.17) is 0 Å². The molecule has 0 fully saturated rings. The molecule has 0 N–H and O–H groups in total. The van der Waals surface area contributed by atoms with Crippen molar-refractivity contribution < 1.29 is 11.0 Å². The Balaban J connectivity index is 0. The summed E-state index contributed by atoms with van der Waals surface area (Å²) in [6, 6.07) is 0. The van der Waals surface area contributed by atoms with Gasteiger partial charge < -0.3 is 11.0 Å². The molecule has 0 saturated carbocycles. The minimum absolute atomic E-state index is 0. The Kier molecular flexibility index (Phi) is 1330. The van der Waals surface area contributed by atoms with Crippen LogP contribution in [-0.4, -0.2) is 32.3 Å². The van der Waals surface area contributed by atoms with Gasteiger partial charge in [0.05, 0.1) is 8.41 Å². The molecular weight excluding hydrogens is 162 g/mol. The third kappa shape index (κ3) is 14.4. The quantitative estimate of drug-likeness (QED) is 0.380. The Morgan fingerprint density at radius 2 is 0.750 bits per heavy atom. The van der Waals surface area contributed by atoms with E-state index >= 15 is 0 Å². The maximum atomic E-state index is 0. The maximum Gasteiger partial charge on any atom is 4.00 e. The third-order valence-electron chi connectivity index (χ3n) is 0. The molecule has 0 rings (SSSR count). The summed E-state index contributed by atoms with van der Waals surface area (Å²) in [6.07, 6.45) is 0. The fourth-order valence-corrected chi connectivity index (χ4v) is 0. The molecule has 4 heteroatoms. The number of hydrogen-bond acceptors (Lipinski definition) is 0. The molecule has 0 bridgehead atoms.